The van der Waals surface area contributed by atoms with Gasteiger partial charge in [-0.3, -0.25) is 0 Å². The van der Waals surface area contributed by atoms with Crippen molar-refractivity contribution >= 4 is 33.1 Å². The molecule has 3 aromatic rings. The summed E-state index contributed by atoms with van der Waals surface area (Å²) in [6, 6.07) is 17.6. The van der Waals surface area contributed by atoms with Crippen LogP contribution in [0.1, 0.15) is 34.5 Å². The summed E-state index contributed by atoms with van der Waals surface area (Å²) in [6.45, 7) is 3.30. The fraction of sp³-hybridized carbons (Fsp3) is 0.240. The standard InChI is InChI=1S/C25H27ClN2O5S/c1-2-28-23-11-10-21(15-22(23)25(30)31)34(32,33)20-8-6-17(7-9-20)12-13-27-16-24(29)18-4-3-5-19(26)14-18/h3-11,14-15,24,27-29H,2,12-13,16H2,1H3,(H,30,31)/t24-/m1/s1. The molecule has 34 heavy (non-hydrogen) atoms. The Morgan fingerprint density at radius 3 is 2.38 bits per heavy atom. The molecule has 0 spiro atoms. The number of anilines is 1. The molecule has 1 atom stereocenters. The fourth-order valence-electron chi connectivity index (χ4n) is 3.49. The van der Waals surface area contributed by atoms with Crippen LogP contribution in [0.3, 0.4) is 0 Å². The quantitative estimate of drug-likeness (QED) is 0.291. The van der Waals surface area contributed by atoms with Gasteiger partial charge in [-0.25, -0.2) is 13.2 Å². The van der Waals surface area contributed by atoms with Crippen molar-refractivity contribution in [2.75, 3.05) is 25.0 Å². The number of hydrogen-bond acceptors (Lipinski definition) is 6. The van der Waals surface area contributed by atoms with E-state index < -0.39 is 21.9 Å². The van der Waals surface area contributed by atoms with Gasteiger partial charge in [0, 0.05) is 23.8 Å². The summed E-state index contributed by atoms with van der Waals surface area (Å²) in [6.07, 6.45) is -0.0378. The van der Waals surface area contributed by atoms with Crippen LogP contribution in [0.2, 0.25) is 5.02 Å². The fourth-order valence-corrected chi connectivity index (χ4v) is 4.97. The van der Waals surface area contributed by atoms with E-state index in [4.69, 9.17) is 11.6 Å². The molecule has 3 aromatic carbocycles. The van der Waals surface area contributed by atoms with Crippen molar-refractivity contribution in [3.8, 4) is 0 Å². The van der Waals surface area contributed by atoms with Crippen LogP contribution >= 0.6 is 11.6 Å². The average Bonchev–Trinajstić information content (AvgIpc) is 2.82. The number of rotatable bonds is 11. The Morgan fingerprint density at radius 1 is 1.03 bits per heavy atom. The van der Waals surface area contributed by atoms with E-state index in [0.717, 1.165) is 11.1 Å². The number of halogens is 1. The highest BCUT2D eigenvalue weighted by Crippen LogP contribution is 2.26. The Bertz CT molecular complexity index is 1250. The predicted molar refractivity (Wildman–Crippen MR) is 132 cm³/mol. The summed E-state index contributed by atoms with van der Waals surface area (Å²) in [5, 5.41) is 26.4. The number of aliphatic hydroxyl groups excluding tert-OH is 1. The molecule has 0 saturated carbocycles. The molecule has 0 bridgehead atoms. The largest absolute Gasteiger partial charge is 0.478 e. The first-order valence-electron chi connectivity index (χ1n) is 10.8. The molecule has 0 aromatic heterocycles. The zero-order valence-corrected chi connectivity index (χ0v) is 20.2. The van der Waals surface area contributed by atoms with Crippen LogP contribution in [-0.2, 0) is 16.3 Å². The van der Waals surface area contributed by atoms with Crippen molar-refractivity contribution in [3.05, 3.63) is 88.4 Å². The van der Waals surface area contributed by atoms with Crippen LogP contribution in [0.5, 0.6) is 0 Å². The zero-order chi connectivity index (χ0) is 24.7. The molecule has 0 heterocycles. The lowest BCUT2D eigenvalue weighted by Crippen LogP contribution is -2.23. The lowest BCUT2D eigenvalue weighted by Gasteiger charge is -2.13. The molecule has 0 fully saturated rings. The topological polar surface area (TPSA) is 116 Å². The van der Waals surface area contributed by atoms with Crippen LogP contribution in [0.15, 0.2) is 76.5 Å². The number of aromatic carboxylic acids is 1. The van der Waals surface area contributed by atoms with Crippen molar-refractivity contribution in [1.29, 1.82) is 0 Å². The van der Waals surface area contributed by atoms with Crippen molar-refractivity contribution in [2.24, 2.45) is 0 Å². The first kappa shape index (κ1) is 25.7. The lowest BCUT2D eigenvalue weighted by atomic mass is 10.1. The highest BCUT2D eigenvalue weighted by molar-refractivity contribution is 7.91. The molecule has 0 aliphatic heterocycles. The molecular weight excluding hydrogens is 476 g/mol. The number of nitrogens with one attached hydrogen (secondary N) is 2. The normalized spacial score (nSPS) is 12.3. The number of sulfone groups is 1. The maximum Gasteiger partial charge on any atom is 0.337 e. The van der Waals surface area contributed by atoms with Gasteiger partial charge >= 0.3 is 5.97 Å². The van der Waals surface area contributed by atoms with Gasteiger partial charge < -0.3 is 20.8 Å². The number of carboxylic acid groups (broad SMARTS) is 1. The second-order valence-electron chi connectivity index (χ2n) is 7.72. The molecule has 180 valence electrons. The van der Waals surface area contributed by atoms with Crippen molar-refractivity contribution in [2.45, 2.75) is 29.2 Å². The van der Waals surface area contributed by atoms with Crippen LogP contribution < -0.4 is 10.6 Å². The third-order valence-electron chi connectivity index (χ3n) is 5.29. The Labute approximate surface area is 204 Å². The summed E-state index contributed by atoms with van der Waals surface area (Å²) in [5.74, 6) is -1.20. The van der Waals surface area contributed by atoms with Gasteiger partial charge in [0.2, 0.25) is 9.84 Å². The van der Waals surface area contributed by atoms with Crippen LogP contribution in [0, 0.1) is 0 Å². The van der Waals surface area contributed by atoms with Crippen molar-refractivity contribution < 1.29 is 23.4 Å². The van der Waals surface area contributed by atoms with Gasteiger partial charge in [-0.05, 0) is 73.5 Å². The minimum Gasteiger partial charge on any atom is -0.478 e. The van der Waals surface area contributed by atoms with Gasteiger partial charge in [-0.1, -0.05) is 35.9 Å². The lowest BCUT2D eigenvalue weighted by molar-refractivity contribution is 0.0697. The van der Waals surface area contributed by atoms with Gasteiger partial charge in [0.15, 0.2) is 0 Å². The van der Waals surface area contributed by atoms with E-state index in [2.05, 4.69) is 10.6 Å². The number of aliphatic hydroxyl groups is 1. The summed E-state index contributed by atoms with van der Waals surface area (Å²) in [4.78, 5) is 11.6. The molecule has 0 radical (unpaired) electrons. The van der Waals surface area contributed by atoms with Crippen LogP contribution in [0.4, 0.5) is 5.69 Å². The molecule has 0 unspecified atom stereocenters. The molecule has 3 rings (SSSR count). The van der Waals surface area contributed by atoms with Crippen molar-refractivity contribution in [1.82, 2.24) is 5.32 Å². The van der Waals surface area contributed by atoms with Gasteiger partial charge in [0.1, 0.15) is 0 Å². The van der Waals surface area contributed by atoms with Crippen LogP contribution in [-0.4, -0.2) is 44.2 Å². The predicted octanol–water partition coefficient (Wildman–Crippen LogP) is 4.17. The summed E-state index contributed by atoms with van der Waals surface area (Å²) >= 11 is 5.95. The number of carboxylic acids is 1. The molecular formula is C25H27ClN2O5S. The van der Waals surface area contributed by atoms with Gasteiger partial charge in [-0.2, -0.15) is 0 Å². The monoisotopic (exact) mass is 502 g/mol. The minimum atomic E-state index is -3.86. The molecule has 0 amide bonds. The third-order valence-corrected chi connectivity index (χ3v) is 7.30. The first-order chi connectivity index (χ1) is 16.2. The smallest absolute Gasteiger partial charge is 0.337 e. The van der Waals surface area contributed by atoms with E-state index in [1.165, 1.54) is 30.3 Å². The van der Waals surface area contributed by atoms with E-state index in [0.29, 0.717) is 36.8 Å². The van der Waals surface area contributed by atoms with E-state index in [1.54, 1.807) is 30.3 Å². The molecule has 0 saturated heterocycles. The Balaban J connectivity index is 1.62. The first-order valence-corrected chi connectivity index (χ1v) is 12.7. The number of hydrogen-bond donors (Lipinski definition) is 4. The highest BCUT2D eigenvalue weighted by atomic mass is 35.5. The Kier molecular flexibility index (Phi) is 8.68. The van der Waals surface area contributed by atoms with E-state index in [-0.39, 0.29) is 15.4 Å². The third kappa shape index (κ3) is 6.36. The molecule has 9 heteroatoms. The number of carbonyl (C=O) groups is 1. The van der Waals surface area contributed by atoms with E-state index in [9.17, 15) is 23.4 Å². The SMILES string of the molecule is CCNc1ccc(S(=O)(=O)c2ccc(CCNC[C@@H](O)c3cccc(Cl)c3)cc2)cc1C(=O)O. The maximum absolute atomic E-state index is 13.0. The average molecular weight is 503 g/mol. The highest BCUT2D eigenvalue weighted by Gasteiger charge is 2.21. The Morgan fingerprint density at radius 2 is 1.74 bits per heavy atom. The number of benzene rings is 3. The molecule has 4 N–H and O–H groups in total. The second-order valence-corrected chi connectivity index (χ2v) is 10.1. The molecule has 7 nitrogen and oxygen atoms in total. The van der Waals surface area contributed by atoms with Crippen molar-refractivity contribution in [3.63, 3.8) is 0 Å². The zero-order valence-electron chi connectivity index (χ0n) is 18.7. The molecule has 0 aliphatic carbocycles. The Hall–Kier alpha value is -2.91. The van der Waals surface area contributed by atoms with Crippen LogP contribution in [0.25, 0.3) is 0 Å². The molecule has 0 aliphatic rings. The summed E-state index contributed by atoms with van der Waals surface area (Å²) in [7, 11) is -3.86. The van der Waals surface area contributed by atoms with Gasteiger partial charge in [0.25, 0.3) is 0 Å². The van der Waals surface area contributed by atoms with E-state index in [1.807, 2.05) is 13.0 Å². The van der Waals surface area contributed by atoms with Gasteiger partial charge in [0.05, 0.1) is 21.5 Å². The van der Waals surface area contributed by atoms with E-state index >= 15 is 0 Å². The summed E-state index contributed by atoms with van der Waals surface area (Å²) in [5.41, 5.74) is 1.94. The maximum atomic E-state index is 13.0. The van der Waals surface area contributed by atoms with Gasteiger partial charge in [-0.15, -0.1) is 0 Å². The minimum absolute atomic E-state index is 0.0732. The summed E-state index contributed by atoms with van der Waals surface area (Å²) < 4.78 is 26.0. The second kappa shape index (κ2) is 11.5.